The maximum absolute atomic E-state index is 10.7. The minimum Gasteiger partial charge on any atom is -0.534 e. The number of rotatable bonds is 16. The molecule has 5 aromatic carbocycles. The van der Waals surface area contributed by atoms with E-state index in [0.29, 0.717) is 18.3 Å². The van der Waals surface area contributed by atoms with E-state index in [1.54, 1.807) is 11.3 Å². The average molecular weight is 783 g/mol. The Labute approximate surface area is 337 Å². The third-order valence-corrected chi connectivity index (χ3v) is 16.4. The van der Waals surface area contributed by atoms with Crippen LogP contribution in [0.1, 0.15) is 39.2 Å². The molecule has 0 aliphatic carbocycles. The van der Waals surface area contributed by atoms with Crippen LogP contribution in [0.5, 0.6) is 11.5 Å². The van der Waals surface area contributed by atoms with Crippen LogP contribution in [0.25, 0.3) is 11.3 Å². The zero-order valence-electron chi connectivity index (χ0n) is 32.7. The second-order valence-electron chi connectivity index (χ2n) is 15.6. The lowest BCUT2D eigenvalue weighted by Gasteiger charge is -2.43. The fourth-order valence-corrected chi connectivity index (χ4v) is 12.9. The lowest BCUT2D eigenvalue weighted by molar-refractivity contribution is 0.106. The molecule has 0 bridgehead atoms. The average Bonchev–Trinajstić information content (AvgIpc) is 3.73. The Balaban J connectivity index is 0.821. The Kier molecular flexibility index (Phi) is 12.9. The van der Waals surface area contributed by atoms with Gasteiger partial charge in [0.05, 0.1) is 5.69 Å². The molecule has 7 rings (SSSR count). The Hall–Kier alpha value is -4.93. The van der Waals surface area contributed by atoms with Gasteiger partial charge in [-0.05, 0) is 83.2 Å². The second kappa shape index (κ2) is 18.3. The molecule has 1 aliphatic rings. The number of aliphatic hydroxyl groups is 1. The highest BCUT2D eigenvalue weighted by molar-refractivity contribution is 7.14. The number of nitrogens with zero attached hydrogens (tertiary/aromatic N) is 2. The lowest BCUT2D eigenvalue weighted by Crippen LogP contribution is -2.68. The van der Waals surface area contributed by atoms with Crippen molar-refractivity contribution in [1.29, 1.82) is 0 Å². The number of aromatic nitrogens is 1. The summed E-state index contributed by atoms with van der Waals surface area (Å²) < 4.78 is 13.1. The number of nitrogens with one attached hydrogen (secondary N) is 2. The fraction of sp³-hybridized carbons (Fsp3) is 0.298. The van der Waals surface area contributed by atoms with Crippen LogP contribution in [0.4, 0.5) is 10.8 Å². The quantitative estimate of drug-likeness (QED) is 0.0673. The monoisotopic (exact) mass is 782 g/mol. The van der Waals surface area contributed by atoms with E-state index in [0.717, 1.165) is 61.2 Å². The Morgan fingerprint density at radius 1 is 0.786 bits per heavy atom. The summed E-state index contributed by atoms with van der Waals surface area (Å²) in [6.07, 6.45) is 2.43. The van der Waals surface area contributed by atoms with E-state index in [2.05, 4.69) is 151 Å². The number of hydrogen-bond donors (Lipinski definition) is 3. The van der Waals surface area contributed by atoms with Gasteiger partial charge in [-0.15, -0.1) is 11.3 Å². The van der Waals surface area contributed by atoms with E-state index < -0.39 is 14.4 Å². The molecule has 7 nitrogen and oxygen atoms in total. The Morgan fingerprint density at radius 2 is 1.38 bits per heavy atom. The molecule has 1 fully saturated rings. The summed E-state index contributed by atoms with van der Waals surface area (Å²) in [4.78, 5) is 7.33. The molecule has 0 saturated carbocycles. The van der Waals surface area contributed by atoms with Crippen LogP contribution in [0, 0.1) is 0 Å². The normalized spacial score (nSPS) is 14.3. The summed E-state index contributed by atoms with van der Waals surface area (Å²) in [7, 11) is -2.71. The van der Waals surface area contributed by atoms with Crippen LogP contribution in [0.3, 0.4) is 0 Å². The molecular weight excluding hydrogens is 729 g/mol. The molecule has 290 valence electrons. The minimum atomic E-state index is -2.71. The van der Waals surface area contributed by atoms with Gasteiger partial charge in [0.15, 0.2) is 5.13 Å². The van der Waals surface area contributed by atoms with Gasteiger partial charge < -0.3 is 29.8 Å². The molecule has 1 atom stereocenters. The van der Waals surface area contributed by atoms with Gasteiger partial charge in [0.25, 0.3) is 0 Å². The van der Waals surface area contributed by atoms with Gasteiger partial charge in [-0.3, -0.25) is 0 Å². The van der Waals surface area contributed by atoms with E-state index >= 15 is 0 Å². The fourth-order valence-electron chi connectivity index (χ4n) is 7.55. The summed E-state index contributed by atoms with van der Waals surface area (Å²) in [5.74, 6) is 1.51. The SMILES string of the molecule is CC(C)(C)[Si](Oc1ccc(OC[C@@H](O)CNCCc2ccc(NC3CCN(c4nc(-c5ccccc5)cs4)CC3)cc2)cc1)(c1ccccc1)c1ccccc1. The minimum absolute atomic E-state index is 0.126. The number of ether oxygens (including phenoxy) is 1. The van der Waals surface area contributed by atoms with E-state index in [1.807, 2.05) is 30.3 Å². The van der Waals surface area contributed by atoms with Crippen LogP contribution in [0.15, 0.2) is 145 Å². The zero-order valence-corrected chi connectivity index (χ0v) is 34.6. The lowest BCUT2D eigenvalue weighted by atomic mass is 10.0. The maximum atomic E-state index is 10.7. The number of piperidine rings is 1. The number of benzene rings is 5. The van der Waals surface area contributed by atoms with Crippen molar-refractivity contribution < 1.29 is 14.3 Å². The number of hydrogen-bond acceptors (Lipinski definition) is 8. The van der Waals surface area contributed by atoms with E-state index in [1.165, 1.54) is 21.5 Å². The molecule has 1 aliphatic heterocycles. The molecule has 1 saturated heterocycles. The first-order valence-corrected chi connectivity index (χ1v) is 22.6. The predicted molar refractivity (Wildman–Crippen MR) is 236 cm³/mol. The first-order valence-electron chi connectivity index (χ1n) is 19.8. The van der Waals surface area contributed by atoms with Crippen LogP contribution in [-0.2, 0) is 6.42 Å². The first-order chi connectivity index (χ1) is 27.3. The molecule has 9 heteroatoms. The van der Waals surface area contributed by atoms with Gasteiger partial charge >= 0.3 is 8.32 Å². The molecule has 0 amide bonds. The Bertz CT molecular complexity index is 2030. The van der Waals surface area contributed by atoms with Crippen molar-refractivity contribution in [3.8, 4) is 22.8 Å². The van der Waals surface area contributed by atoms with Gasteiger partial charge in [0, 0.05) is 42.3 Å². The summed E-state index contributed by atoms with van der Waals surface area (Å²) in [5, 5.41) is 23.4. The van der Waals surface area contributed by atoms with E-state index in [9.17, 15) is 5.11 Å². The Morgan fingerprint density at radius 3 is 1.98 bits per heavy atom. The maximum Gasteiger partial charge on any atom is 0.319 e. The highest BCUT2D eigenvalue weighted by Gasteiger charge is 2.52. The first kappa shape index (κ1) is 39.3. The number of anilines is 2. The van der Waals surface area contributed by atoms with E-state index in [4.69, 9.17) is 14.1 Å². The van der Waals surface area contributed by atoms with Crippen molar-refractivity contribution in [2.24, 2.45) is 0 Å². The smallest absolute Gasteiger partial charge is 0.319 e. The van der Waals surface area contributed by atoms with Crippen molar-refractivity contribution in [2.75, 3.05) is 43.0 Å². The number of thiazole rings is 1. The third-order valence-electron chi connectivity index (χ3n) is 10.6. The molecule has 56 heavy (non-hydrogen) atoms. The predicted octanol–water partition coefficient (Wildman–Crippen LogP) is 8.40. The van der Waals surface area contributed by atoms with Crippen LogP contribution >= 0.6 is 11.3 Å². The standard InChI is InChI=1S/C47H54N4O3SSi/c1-47(2,3)56(43-15-9-5-10-16-43,44-17-11-6-12-18-44)54-42-25-23-41(24-26-42)53-34-40(52)33-48-30-27-36-19-21-38(22-20-36)49-39-28-31-51(32-29-39)46-50-45(35-55-46)37-13-7-4-8-14-37/h4-26,35,39-40,48-49,52H,27-34H2,1-3H3/t40-/m0/s1. The highest BCUT2D eigenvalue weighted by atomic mass is 32.1. The topological polar surface area (TPSA) is 78.9 Å². The van der Waals surface area contributed by atoms with Crippen molar-refractivity contribution in [3.05, 3.63) is 150 Å². The summed E-state index contributed by atoms with van der Waals surface area (Å²) in [6.45, 7) is 10.3. The molecule has 2 heterocycles. The van der Waals surface area contributed by atoms with Crippen LogP contribution in [-0.4, -0.2) is 63.3 Å². The van der Waals surface area contributed by atoms with Crippen molar-refractivity contribution in [3.63, 3.8) is 0 Å². The largest absolute Gasteiger partial charge is 0.534 e. The molecule has 3 N–H and O–H groups in total. The summed E-state index contributed by atoms with van der Waals surface area (Å²) >= 11 is 1.74. The molecule has 0 unspecified atom stereocenters. The van der Waals surface area contributed by atoms with Crippen molar-refractivity contribution in [1.82, 2.24) is 10.3 Å². The molecule has 0 radical (unpaired) electrons. The van der Waals surface area contributed by atoms with Crippen molar-refractivity contribution in [2.45, 2.75) is 57.2 Å². The summed E-state index contributed by atoms with van der Waals surface area (Å²) in [5.41, 5.74) is 4.66. The zero-order chi connectivity index (χ0) is 38.8. The molecule has 6 aromatic rings. The van der Waals surface area contributed by atoms with Crippen LogP contribution < -0.4 is 35.1 Å². The molecular formula is C47H54N4O3SSi. The third kappa shape index (κ3) is 9.71. The van der Waals surface area contributed by atoms with Gasteiger partial charge in [0.2, 0.25) is 0 Å². The highest BCUT2D eigenvalue weighted by Crippen LogP contribution is 2.38. The van der Waals surface area contributed by atoms with Gasteiger partial charge in [-0.25, -0.2) is 4.98 Å². The van der Waals surface area contributed by atoms with Crippen molar-refractivity contribution >= 4 is 40.8 Å². The molecule has 0 spiro atoms. The summed E-state index contributed by atoms with van der Waals surface area (Å²) in [6, 6.07) is 48.7. The number of aliphatic hydroxyl groups excluding tert-OH is 1. The second-order valence-corrected chi connectivity index (χ2v) is 20.7. The molecule has 1 aromatic heterocycles. The van der Waals surface area contributed by atoms with Gasteiger partial charge in [0.1, 0.15) is 24.2 Å². The van der Waals surface area contributed by atoms with Gasteiger partial charge in [-0.1, -0.05) is 124 Å². The van der Waals surface area contributed by atoms with Crippen LogP contribution in [0.2, 0.25) is 5.04 Å². The van der Waals surface area contributed by atoms with E-state index in [-0.39, 0.29) is 11.6 Å². The van der Waals surface area contributed by atoms with Gasteiger partial charge in [-0.2, -0.15) is 0 Å².